The summed E-state index contributed by atoms with van der Waals surface area (Å²) in [5.41, 5.74) is 8.45. The molecule has 2 heterocycles. The maximum Gasteiger partial charge on any atom is 0.259 e. The van der Waals surface area contributed by atoms with Crippen molar-refractivity contribution in [2.24, 2.45) is 0 Å². The Bertz CT molecular complexity index is 1110. The Hall–Kier alpha value is -3.48. The molecule has 0 bridgehead atoms. The number of anilines is 1. The number of nitrogens with one attached hydrogen (secondary N) is 2. The summed E-state index contributed by atoms with van der Waals surface area (Å²) in [6.07, 6.45) is 0.455. The molecule has 124 valence electrons. The van der Waals surface area contributed by atoms with Crippen molar-refractivity contribution in [3.05, 3.63) is 76.0 Å². The quantitative estimate of drug-likeness (QED) is 0.536. The molecule has 7 heteroatoms. The lowest BCUT2D eigenvalue weighted by molar-refractivity contribution is 0.627. The number of halogens is 1. The van der Waals surface area contributed by atoms with Crippen molar-refractivity contribution in [2.75, 3.05) is 5.73 Å². The SMILES string of the molecule is Nc1n[nH]c(Cc2ccc(F)cc2)c1-c1nc2ccccc2c(=O)[nH]1. The smallest absolute Gasteiger partial charge is 0.259 e. The number of H-pyrrole nitrogens is 2. The minimum atomic E-state index is -0.298. The molecule has 0 spiro atoms. The molecule has 4 aromatic rings. The van der Waals surface area contributed by atoms with E-state index >= 15 is 0 Å². The van der Waals surface area contributed by atoms with E-state index in [0.29, 0.717) is 34.4 Å². The third kappa shape index (κ3) is 2.76. The summed E-state index contributed by atoms with van der Waals surface area (Å²) in [5.74, 6) is 0.302. The Balaban J connectivity index is 1.82. The zero-order valence-electron chi connectivity index (χ0n) is 13.1. The molecule has 25 heavy (non-hydrogen) atoms. The highest BCUT2D eigenvalue weighted by Gasteiger charge is 2.17. The van der Waals surface area contributed by atoms with E-state index in [1.807, 2.05) is 6.07 Å². The number of aromatic amines is 2. The molecule has 0 unspecified atom stereocenters. The number of nitrogens with zero attached hydrogens (tertiary/aromatic N) is 2. The molecule has 2 aromatic heterocycles. The van der Waals surface area contributed by atoms with Gasteiger partial charge in [-0.3, -0.25) is 9.89 Å². The Kier molecular flexibility index (Phi) is 3.53. The molecule has 0 fully saturated rings. The summed E-state index contributed by atoms with van der Waals surface area (Å²) < 4.78 is 13.1. The van der Waals surface area contributed by atoms with Crippen molar-refractivity contribution in [1.82, 2.24) is 20.2 Å². The largest absolute Gasteiger partial charge is 0.382 e. The number of rotatable bonds is 3. The highest BCUT2D eigenvalue weighted by atomic mass is 19.1. The molecule has 0 aliphatic heterocycles. The van der Waals surface area contributed by atoms with Crippen LogP contribution in [0.3, 0.4) is 0 Å². The van der Waals surface area contributed by atoms with Crippen molar-refractivity contribution in [2.45, 2.75) is 6.42 Å². The van der Waals surface area contributed by atoms with Crippen molar-refractivity contribution in [1.29, 1.82) is 0 Å². The van der Waals surface area contributed by atoms with Crippen LogP contribution in [0.2, 0.25) is 0 Å². The van der Waals surface area contributed by atoms with Crippen molar-refractivity contribution in [3.8, 4) is 11.4 Å². The molecule has 0 aliphatic carbocycles. The maximum absolute atomic E-state index is 13.1. The lowest BCUT2D eigenvalue weighted by Gasteiger charge is -2.06. The van der Waals surface area contributed by atoms with Crippen LogP contribution < -0.4 is 11.3 Å². The fraction of sp³-hybridized carbons (Fsp3) is 0.0556. The van der Waals surface area contributed by atoms with E-state index in [4.69, 9.17) is 5.73 Å². The normalized spacial score (nSPS) is 11.1. The topological polar surface area (TPSA) is 100 Å². The lowest BCUT2D eigenvalue weighted by atomic mass is 10.1. The van der Waals surface area contributed by atoms with Crippen LogP contribution in [0.1, 0.15) is 11.3 Å². The van der Waals surface area contributed by atoms with Crippen LogP contribution in [-0.4, -0.2) is 20.2 Å². The van der Waals surface area contributed by atoms with Gasteiger partial charge in [0.2, 0.25) is 0 Å². The number of fused-ring (bicyclic) bond motifs is 1. The Morgan fingerprint density at radius 2 is 1.84 bits per heavy atom. The van der Waals surface area contributed by atoms with Crippen LogP contribution in [0.15, 0.2) is 53.3 Å². The van der Waals surface area contributed by atoms with Gasteiger partial charge in [0.25, 0.3) is 5.56 Å². The predicted octanol–water partition coefficient (Wildman–Crippen LogP) is 2.63. The van der Waals surface area contributed by atoms with Crippen LogP contribution in [0.5, 0.6) is 0 Å². The average molecular weight is 335 g/mol. The van der Waals surface area contributed by atoms with Crippen LogP contribution in [-0.2, 0) is 6.42 Å². The highest BCUT2D eigenvalue weighted by molar-refractivity contribution is 5.81. The molecule has 2 aromatic carbocycles. The van der Waals surface area contributed by atoms with Gasteiger partial charge < -0.3 is 10.7 Å². The second kappa shape index (κ2) is 5.86. The molecule has 0 saturated carbocycles. The average Bonchev–Trinajstić information content (AvgIpc) is 2.97. The molecular weight excluding hydrogens is 321 g/mol. The third-order valence-corrected chi connectivity index (χ3v) is 4.01. The minimum Gasteiger partial charge on any atom is -0.382 e. The standard InChI is InChI=1S/C18H14FN5O/c19-11-7-5-10(6-8-11)9-14-15(16(20)24-23-14)17-21-13-4-2-1-3-12(13)18(25)22-17/h1-8H,9H2,(H3,20,23,24)(H,21,22,25). The minimum absolute atomic E-state index is 0.242. The summed E-state index contributed by atoms with van der Waals surface area (Å²) in [4.78, 5) is 19.6. The first-order chi connectivity index (χ1) is 12.1. The van der Waals surface area contributed by atoms with Gasteiger partial charge in [-0.25, -0.2) is 9.37 Å². The van der Waals surface area contributed by atoms with Gasteiger partial charge in [0.15, 0.2) is 5.82 Å². The van der Waals surface area contributed by atoms with Crippen molar-refractivity contribution < 1.29 is 4.39 Å². The predicted molar refractivity (Wildman–Crippen MR) is 93.6 cm³/mol. The second-order valence-corrected chi connectivity index (χ2v) is 5.70. The van der Waals surface area contributed by atoms with E-state index < -0.39 is 0 Å². The van der Waals surface area contributed by atoms with Gasteiger partial charge >= 0.3 is 0 Å². The van der Waals surface area contributed by atoms with Gasteiger partial charge in [-0.05, 0) is 29.8 Å². The molecule has 0 radical (unpaired) electrons. The molecular formula is C18H14FN5O. The zero-order valence-corrected chi connectivity index (χ0v) is 13.1. The van der Waals surface area contributed by atoms with E-state index in [2.05, 4.69) is 20.2 Å². The Morgan fingerprint density at radius 1 is 1.08 bits per heavy atom. The first-order valence-electron chi connectivity index (χ1n) is 7.68. The summed E-state index contributed by atoms with van der Waals surface area (Å²) in [5, 5.41) is 7.41. The molecule has 6 nitrogen and oxygen atoms in total. The van der Waals surface area contributed by atoms with E-state index in [-0.39, 0.29) is 17.2 Å². The number of para-hydroxylation sites is 1. The first kappa shape index (κ1) is 15.1. The number of aromatic nitrogens is 4. The van der Waals surface area contributed by atoms with Gasteiger partial charge in [-0.2, -0.15) is 5.10 Å². The second-order valence-electron chi connectivity index (χ2n) is 5.70. The summed E-state index contributed by atoms with van der Waals surface area (Å²) >= 11 is 0. The fourth-order valence-electron chi connectivity index (χ4n) is 2.80. The molecule has 0 aliphatic rings. The van der Waals surface area contributed by atoms with Gasteiger partial charge in [0.1, 0.15) is 11.6 Å². The van der Waals surface area contributed by atoms with Crippen LogP contribution in [0, 0.1) is 5.82 Å². The summed E-state index contributed by atoms with van der Waals surface area (Å²) in [6, 6.07) is 13.2. The van der Waals surface area contributed by atoms with Crippen LogP contribution >= 0.6 is 0 Å². The van der Waals surface area contributed by atoms with Gasteiger partial charge in [-0.1, -0.05) is 24.3 Å². The number of benzene rings is 2. The summed E-state index contributed by atoms with van der Waals surface area (Å²) in [6.45, 7) is 0. The Morgan fingerprint density at radius 3 is 2.64 bits per heavy atom. The lowest BCUT2D eigenvalue weighted by Crippen LogP contribution is -2.10. The maximum atomic E-state index is 13.1. The number of hydrogen-bond donors (Lipinski definition) is 3. The van der Waals surface area contributed by atoms with Gasteiger partial charge in [0.05, 0.1) is 22.2 Å². The van der Waals surface area contributed by atoms with Crippen LogP contribution in [0.25, 0.3) is 22.3 Å². The number of hydrogen-bond acceptors (Lipinski definition) is 4. The molecule has 0 amide bonds. The molecule has 0 atom stereocenters. The van der Waals surface area contributed by atoms with E-state index in [9.17, 15) is 9.18 Å². The van der Waals surface area contributed by atoms with E-state index in [1.165, 1.54) is 12.1 Å². The monoisotopic (exact) mass is 335 g/mol. The molecule has 4 rings (SSSR count). The third-order valence-electron chi connectivity index (χ3n) is 4.01. The van der Waals surface area contributed by atoms with Crippen LogP contribution in [0.4, 0.5) is 10.2 Å². The number of nitrogens with two attached hydrogens (primary N) is 1. The Labute approximate surface area is 141 Å². The fourth-order valence-corrected chi connectivity index (χ4v) is 2.80. The number of nitrogen functional groups attached to an aromatic ring is 1. The zero-order chi connectivity index (χ0) is 17.4. The van der Waals surface area contributed by atoms with Gasteiger partial charge in [-0.15, -0.1) is 0 Å². The molecule has 4 N–H and O–H groups in total. The first-order valence-corrected chi connectivity index (χ1v) is 7.68. The van der Waals surface area contributed by atoms with Gasteiger partial charge in [0, 0.05) is 6.42 Å². The van der Waals surface area contributed by atoms with Crippen molar-refractivity contribution in [3.63, 3.8) is 0 Å². The highest BCUT2D eigenvalue weighted by Crippen LogP contribution is 2.27. The van der Waals surface area contributed by atoms with Crippen molar-refractivity contribution >= 4 is 16.7 Å². The summed E-state index contributed by atoms with van der Waals surface area (Å²) in [7, 11) is 0. The van der Waals surface area contributed by atoms with E-state index in [0.717, 1.165) is 5.56 Å². The molecule has 0 saturated heterocycles. The van der Waals surface area contributed by atoms with E-state index in [1.54, 1.807) is 30.3 Å².